The van der Waals surface area contributed by atoms with E-state index in [0.29, 0.717) is 5.78 Å². The number of para-hydroxylation sites is 1. The number of aryl methyl sites for hydroxylation is 3. The van der Waals surface area contributed by atoms with Crippen LogP contribution in [-0.4, -0.2) is 36.2 Å². The maximum atomic E-state index is 13.2. The predicted molar refractivity (Wildman–Crippen MR) is 108 cm³/mol. The van der Waals surface area contributed by atoms with E-state index in [9.17, 15) is 14.4 Å². The molecule has 4 aromatic rings. The summed E-state index contributed by atoms with van der Waals surface area (Å²) >= 11 is 0. The fourth-order valence-corrected chi connectivity index (χ4v) is 3.69. The number of carbonyl (C=O) groups is 1. The SMILES string of the molecule is COC(=O)Cn1c(=O)c2c(nc3n(-c4ccccc4C)c(C)c(C)n23)n(C)c1=O. The highest BCUT2D eigenvalue weighted by molar-refractivity contribution is 5.78. The fourth-order valence-electron chi connectivity index (χ4n) is 3.69. The van der Waals surface area contributed by atoms with E-state index in [2.05, 4.69) is 9.72 Å². The summed E-state index contributed by atoms with van der Waals surface area (Å²) in [6.07, 6.45) is 0. The third-order valence-electron chi connectivity index (χ3n) is 5.39. The third kappa shape index (κ3) is 2.54. The van der Waals surface area contributed by atoms with Crippen molar-refractivity contribution in [3.8, 4) is 5.69 Å². The van der Waals surface area contributed by atoms with E-state index in [4.69, 9.17) is 0 Å². The molecule has 0 aliphatic heterocycles. The summed E-state index contributed by atoms with van der Waals surface area (Å²) in [4.78, 5) is 42.2. The van der Waals surface area contributed by atoms with E-state index in [1.54, 1.807) is 4.40 Å². The van der Waals surface area contributed by atoms with Gasteiger partial charge in [-0.2, -0.15) is 4.98 Å². The van der Waals surface area contributed by atoms with Gasteiger partial charge in [0.25, 0.3) is 5.56 Å². The largest absolute Gasteiger partial charge is 0.468 e. The Morgan fingerprint density at radius 1 is 1.10 bits per heavy atom. The number of hydrogen-bond donors (Lipinski definition) is 0. The zero-order valence-corrected chi connectivity index (χ0v) is 16.9. The summed E-state index contributed by atoms with van der Waals surface area (Å²) in [5, 5.41) is 0. The topological polar surface area (TPSA) is 92.5 Å². The first-order valence-corrected chi connectivity index (χ1v) is 9.10. The van der Waals surface area contributed by atoms with Crippen LogP contribution in [-0.2, 0) is 23.1 Å². The molecule has 0 radical (unpaired) electrons. The van der Waals surface area contributed by atoms with Crippen LogP contribution in [0.25, 0.3) is 22.6 Å². The summed E-state index contributed by atoms with van der Waals surface area (Å²) in [6, 6.07) is 7.88. The fraction of sp³-hybridized carbons (Fsp3) is 0.300. The molecule has 0 unspecified atom stereocenters. The second kappa shape index (κ2) is 6.47. The van der Waals surface area contributed by atoms with Crippen LogP contribution in [0.4, 0.5) is 0 Å². The number of methoxy groups -OCH3 is 1. The number of nitrogens with zero attached hydrogens (tertiary/aromatic N) is 5. The molecule has 150 valence electrons. The molecule has 9 nitrogen and oxygen atoms in total. The van der Waals surface area contributed by atoms with Gasteiger partial charge in [0.15, 0.2) is 11.2 Å². The monoisotopic (exact) mass is 395 g/mol. The Hall–Kier alpha value is -3.62. The normalized spacial score (nSPS) is 11.5. The van der Waals surface area contributed by atoms with Gasteiger partial charge in [0, 0.05) is 18.4 Å². The lowest BCUT2D eigenvalue weighted by Crippen LogP contribution is -2.41. The Morgan fingerprint density at radius 3 is 2.45 bits per heavy atom. The van der Waals surface area contributed by atoms with Crippen LogP contribution >= 0.6 is 0 Å². The first-order valence-electron chi connectivity index (χ1n) is 9.10. The Balaban J connectivity index is 2.17. The van der Waals surface area contributed by atoms with Crippen molar-refractivity contribution in [3.63, 3.8) is 0 Å². The molecular formula is C20H21N5O4. The van der Waals surface area contributed by atoms with Gasteiger partial charge in [-0.3, -0.25) is 23.1 Å². The molecule has 3 heterocycles. The maximum absolute atomic E-state index is 13.2. The maximum Gasteiger partial charge on any atom is 0.333 e. The van der Waals surface area contributed by atoms with Crippen LogP contribution in [0.3, 0.4) is 0 Å². The number of rotatable bonds is 3. The van der Waals surface area contributed by atoms with Gasteiger partial charge in [-0.15, -0.1) is 0 Å². The number of aromatic nitrogens is 5. The van der Waals surface area contributed by atoms with Gasteiger partial charge in [-0.1, -0.05) is 18.2 Å². The van der Waals surface area contributed by atoms with E-state index in [0.717, 1.165) is 27.2 Å². The van der Waals surface area contributed by atoms with E-state index in [1.165, 1.54) is 18.7 Å². The lowest BCUT2D eigenvalue weighted by molar-refractivity contribution is -0.141. The third-order valence-corrected chi connectivity index (χ3v) is 5.39. The highest BCUT2D eigenvalue weighted by atomic mass is 16.5. The summed E-state index contributed by atoms with van der Waals surface area (Å²) in [6.45, 7) is 5.40. The number of esters is 1. The number of imidazole rings is 2. The zero-order valence-electron chi connectivity index (χ0n) is 16.9. The van der Waals surface area contributed by atoms with Gasteiger partial charge >= 0.3 is 11.7 Å². The molecule has 0 atom stereocenters. The molecule has 4 rings (SSSR count). The second-order valence-electron chi connectivity index (χ2n) is 7.02. The van der Waals surface area contributed by atoms with Crippen molar-refractivity contribution in [3.05, 3.63) is 62.1 Å². The molecule has 0 bridgehead atoms. The minimum Gasteiger partial charge on any atom is -0.468 e. The summed E-state index contributed by atoms with van der Waals surface area (Å²) in [5.41, 5.74) is 3.06. The molecule has 0 N–H and O–H groups in total. The molecule has 0 aliphatic rings. The first-order chi connectivity index (χ1) is 13.8. The number of hydrogen-bond acceptors (Lipinski definition) is 5. The zero-order chi connectivity index (χ0) is 21.0. The highest BCUT2D eigenvalue weighted by Gasteiger charge is 2.24. The molecule has 9 heteroatoms. The minimum atomic E-state index is -0.672. The Bertz CT molecular complexity index is 1420. The van der Waals surface area contributed by atoms with Crippen molar-refractivity contribution < 1.29 is 9.53 Å². The van der Waals surface area contributed by atoms with Crippen molar-refractivity contribution in [1.82, 2.24) is 23.1 Å². The van der Waals surface area contributed by atoms with E-state index >= 15 is 0 Å². The average molecular weight is 395 g/mol. The quantitative estimate of drug-likeness (QED) is 0.487. The van der Waals surface area contributed by atoms with E-state index < -0.39 is 23.8 Å². The number of carbonyl (C=O) groups excluding carboxylic acids is 1. The minimum absolute atomic E-state index is 0.249. The number of fused-ring (bicyclic) bond motifs is 3. The molecule has 0 saturated heterocycles. The molecule has 0 spiro atoms. The Kier molecular flexibility index (Phi) is 4.18. The van der Waals surface area contributed by atoms with Crippen LogP contribution < -0.4 is 11.2 Å². The molecule has 29 heavy (non-hydrogen) atoms. The molecule has 0 saturated carbocycles. The van der Waals surface area contributed by atoms with Crippen molar-refractivity contribution in [2.45, 2.75) is 27.3 Å². The molecule has 0 fully saturated rings. The summed E-state index contributed by atoms with van der Waals surface area (Å²) in [5.74, 6) is -0.137. The van der Waals surface area contributed by atoms with Gasteiger partial charge in [-0.05, 0) is 32.4 Å². The predicted octanol–water partition coefficient (Wildman–Crippen LogP) is 1.24. The van der Waals surface area contributed by atoms with Crippen LogP contribution in [0, 0.1) is 20.8 Å². The van der Waals surface area contributed by atoms with E-state index in [1.807, 2.05) is 49.6 Å². The second-order valence-corrected chi connectivity index (χ2v) is 7.02. The molecular weight excluding hydrogens is 374 g/mol. The van der Waals surface area contributed by atoms with Gasteiger partial charge in [0.1, 0.15) is 6.54 Å². The van der Waals surface area contributed by atoms with Crippen LogP contribution in [0.5, 0.6) is 0 Å². The molecule has 1 aromatic carbocycles. The highest BCUT2D eigenvalue weighted by Crippen LogP contribution is 2.26. The first kappa shape index (κ1) is 18.7. The molecule has 0 aliphatic carbocycles. The Morgan fingerprint density at radius 2 is 1.79 bits per heavy atom. The number of benzene rings is 1. The number of ether oxygens (including phenoxy) is 1. The Labute approximate surface area is 165 Å². The lowest BCUT2D eigenvalue weighted by atomic mass is 10.2. The smallest absolute Gasteiger partial charge is 0.333 e. The van der Waals surface area contributed by atoms with Gasteiger partial charge in [0.05, 0.1) is 12.8 Å². The van der Waals surface area contributed by atoms with E-state index in [-0.39, 0.29) is 11.2 Å². The standard InChI is InChI=1S/C20H21N5O4/c1-11-8-6-7-9-14(11)24-12(2)13(3)25-16-17(21-19(24)25)22(4)20(28)23(18(16)27)10-15(26)29-5/h6-9H,10H2,1-5H3. The van der Waals surface area contributed by atoms with Gasteiger partial charge in [0.2, 0.25) is 5.78 Å². The van der Waals surface area contributed by atoms with Crippen molar-refractivity contribution >= 4 is 22.9 Å². The lowest BCUT2D eigenvalue weighted by Gasteiger charge is -2.09. The molecule has 0 amide bonds. The van der Waals surface area contributed by atoms with Crippen molar-refractivity contribution in [2.75, 3.05) is 7.11 Å². The van der Waals surface area contributed by atoms with Crippen LogP contribution in [0.1, 0.15) is 17.0 Å². The van der Waals surface area contributed by atoms with Gasteiger partial charge in [-0.25, -0.2) is 9.36 Å². The van der Waals surface area contributed by atoms with Crippen molar-refractivity contribution in [1.29, 1.82) is 0 Å². The summed E-state index contributed by atoms with van der Waals surface area (Å²) < 4.78 is 10.5. The van der Waals surface area contributed by atoms with Crippen LogP contribution in [0.2, 0.25) is 0 Å². The molecule has 3 aromatic heterocycles. The van der Waals surface area contributed by atoms with Crippen LogP contribution in [0.15, 0.2) is 33.9 Å². The van der Waals surface area contributed by atoms with Gasteiger partial charge < -0.3 is 4.74 Å². The average Bonchev–Trinajstić information content (AvgIpc) is 3.20. The van der Waals surface area contributed by atoms with Crippen molar-refractivity contribution in [2.24, 2.45) is 7.05 Å². The summed E-state index contributed by atoms with van der Waals surface area (Å²) in [7, 11) is 2.74.